The van der Waals surface area contributed by atoms with Crippen molar-refractivity contribution in [1.29, 1.82) is 0 Å². The van der Waals surface area contributed by atoms with Crippen LogP contribution in [0.4, 0.5) is 0 Å². The van der Waals surface area contributed by atoms with Gasteiger partial charge in [-0.3, -0.25) is 9.69 Å². The second-order valence-electron chi connectivity index (χ2n) is 5.04. The van der Waals surface area contributed by atoms with Crippen LogP contribution in [0.3, 0.4) is 0 Å². The zero-order valence-corrected chi connectivity index (χ0v) is 14.5. The van der Waals surface area contributed by atoms with Crippen molar-refractivity contribution in [3.63, 3.8) is 0 Å². The molecule has 0 unspecified atom stereocenters. The molecule has 0 saturated carbocycles. The highest BCUT2D eigenvalue weighted by Gasteiger charge is 2.15. The molecule has 1 aliphatic rings. The van der Waals surface area contributed by atoms with Crippen molar-refractivity contribution in [2.45, 2.75) is 0 Å². The fourth-order valence-electron chi connectivity index (χ4n) is 2.36. The Morgan fingerprint density at radius 3 is 2.41 bits per heavy atom. The third-order valence-electron chi connectivity index (χ3n) is 3.63. The van der Waals surface area contributed by atoms with Gasteiger partial charge in [-0.25, -0.2) is 0 Å². The van der Waals surface area contributed by atoms with E-state index in [2.05, 4.69) is 31.5 Å². The van der Waals surface area contributed by atoms with E-state index in [1.807, 2.05) is 0 Å². The van der Waals surface area contributed by atoms with E-state index in [9.17, 15) is 4.79 Å². The number of nitrogens with zero attached hydrogens (tertiary/aromatic N) is 1. The van der Waals surface area contributed by atoms with Crippen LogP contribution in [-0.2, 0) is 0 Å². The van der Waals surface area contributed by atoms with Gasteiger partial charge in [-0.15, -0.1) is 0 Å². The minimum Gasteiger partial charge on any atom is -0.495 e. The van der Waals surface area contributed by atoms with Crippen molar-refractivity contribution in [2.75, 3.05) is 53.5 Å². The predicted molar refractivity (Wildman–Crippen MR) is 88.9 cm³/mol. The van der Waals surface area contributed by atoms with Gasteiger partial charge in [-0.2, -0.15) is 0 Å². The number of methoxy groups -OCH3 is 2. The first-order valence-electron chi connectivity index (χ1n) is 7.28. The van der Waals surface area contributed by atoms with Crippen LogP contribution in [0.1, 0.15) is 10.4 Å². The van der Waals surface area contributed by atoms with Crippen molar-refractivity contribution in [1.82, 2.24) is 15.5 Å². The average molecular weight is 372 g/mol. The molecule has 1 aromatic rings. The fourth-order valence-corrected chi connectivity index (χ4v) is 2.92. The molecule has 6 nitrogen and oxygen atoms in total. The SMILES string of the molecule is COc1cc(C(=O)NCCN2CCNCC2)cc(OC)c1Br. The van der Waals surface area contributed by atoms with Crippen molar-refractivity contribution < 1.29 is 14.3 Å². The minimum absolute atomic E-state index is 0.126. The van der Waals surface area contributed by atoms with Crippen molar-refractivity contribution in [3.05, 3.63) is 22.2 Å². The molecule has 122 valence electrons. The Labute approximate surface area is 139 Å². The van der Waals surface area contributed by atoms with Crippen LogP contribution in [0.2, 0.25) is 0 Å². The van der Waals surface area contributed by atoms with Crippen molar-refractivity contribution in [2.24, 2.45) is 0 Å². The molecular weight excluding hydrogens is 350 g/mol. The second kappa shape index (κ2) is 8.36. The van der Waals surface area contributed by atoms with E-state index in [0.29, 0.717) is 28.1 Å². The molecule has 1 aliphatic heterocycles. The fraction of sp³-hybridized carbons (Fsp3) is 0.533. The van der Waals surface area contributed by atoms with Crippen LogP contribution in [0.15, 0.2) is 16.6 Å². The van der Waals surface area contributed by atoms with E-state index in [-0.39, 0.29) is 5.91 Å². The van der Waals surface area contributed by atoms with Crippen molar-refractivity contribution >= 4 is 21.8 Å². The smallest absolute Gasteiger partial charge is 0.251 e. The maximum absolute atomic E-state index is 12.3. The summed E-state index contributed by atoms with van der Waals surface area (Å²) >= 11 is 3.40. The van der Waals surface area contributed by atoms with Crippen LogP contribution in [0.25, 0.3) is 0 Å². The highest BCUT2D eigenvalue weighted by Crippen LogP contribution is 2.35. The van der Waals surface area contributed by atoms with Gasteiger partial charge in [-0.1, -0.05) is 0 Å². The lowest BCUT2D eigenvalue weighted by Crippen LogP contribution is -2.46. The normalized spacial score (nSPS) is 15.4. The Bertz CT molecular complexity index is 494. The first-order valence-corrected chi connectivity index (χ1v) is 8.07. The van der Waals surface area contributed by atoms with Crippen LogP contribution in [0, 0.1) is 0 Å². The van der Waals surface area contributed by atoms with Crippen LogP contribution < -0.4 is 20.1 Å². The monoisotopic (exact) mass is 371 g/mol. The lowest BCUT2D eigenvalue weighted by molar-refractivity contribution is 0.0946. The standard InChI is InChI=1S/C15H22BrN3O3/c1-21-12-9-11(10-13(22-2)14(12)16)15(20)18-5-8-19-6-3-17-4-7-19/h9-10,17H,3-8H2,1-2H3,(H,18,20). The largest absolute Gasteiger partial charge is 0.495 e. The number of hydrogen-bond donors (Lipinski definition) is 2. The summed E-state index contributed by atoms with van der Waals surface area (Å²) in [5, 5.41) is 6.25. The number of hydrogen-bond acceptors (Lipinski definition) is 5. The summed E-state index contributed by atoms with van der Waals surface area (Å²) in [5.41, 5.74) is 0.525. The molecular formula is C15H22BrN3O3. The van der Waals surface area contributed by atoms with Gasteiger partial charge in [0.1, 0.15) is 16.0 Å². The van der Waals surface area contributed by atoms with E-state index in [1.165, 1.54) is 0 Å². The van der Waals surface area contributed by atoms with Crippen LogP contribution in [0.5, 0.6) is 11.5 Å². The molecule has 7 heteroatoms. The lowest BCUT2D eigenvalue weighted by atomic mass is 10.2. The molecule has 0 atom stereocenters. The number of benzene rings is 1. The predicted octanol–water partition coefficient (Wildman–Crippen LogP) is 1.10. The Balaban J connectivity index is 1.94. The number of rotatable bonds is 6. The summed E-state index contributed by atoms with van der Waals surface area (Å²) in [6.45, 7) is 5.55. The first kappa shape index (κ1) is 17.1. The van der Waals surface area contributed by atoms with Gasteiger partial charge in [-0.05, 0) is 28.1 Å². The van der Waals surface area contributed by atoms with Gasteiger partial charge in [0.2, 0.25) is 0 Å². The summed E-state index contributed by atoms with van der Waals surface area (Å²) in [6.07, 6.45) is 0. The molecule has 1 aromatic carbocycles. The number of carbonyl (C=O) groups excluding carboxylic acids is 1. The summed E-state index contributed by atoms with van der Waals surface area (Å²) in [4.78, 5) is 14.6. The highest BCUT2D eigenvalue weighted by molar-refractivity contribution is 9.10. The zero-order chi connectivity index (χ0) is 15.9. The number of nitrogens with one attached hydrogen (secondary N) is 2. The van der Waals surface area contributed by atoms with Gasteiger partial charge >= 0.3 is 0 Å². The summed E-state index contributed by atoms with van der Waals surface area (Å²) in [5.74, 6) is 1.03. The third-order valence-corrected chi connectivity index (χ3v) is 4.41. The van der Waals surface area contributed by atoms with Crippen molar-refractivity contribution in [3.8, 4) is 11.5 Å². The molecule has 0 aliphatic carbocycles. The third kappa shape index (κ3) is 4.34. The van der Waals surface area contributed by atoms with Crippen LogP contribution >= 0.6 is 15.9 Å². The van der Waals surface area contributed by atoms with E-state index >= 15 is 0 Å². The quantitative estimate of drug-likeness (QED) is 0.783. The highest BCUT2D eigenvalue weighted by atomic mass is 79.9. The maximum Gasteiger partial charge on any atom is 0.251 e. The Kier molecular flexibility index (Phi) is 6.48. The maximum atomic E-state index is 12.3. The summed E-state index contributed by atoms with van der Waals surface area (Å²) in [6, 6.07) is 3.40. The molecule has 0 bridgehead atoms. The lowest BCUT2D eigenvalue weighted by Gasteiger charge is -2.27. The molecule has 1 fully saturated rings. The molecule has 0 radical (unpaired) electrons. The number of amides is 1. The van der Waals surface area contributed by atoms with E-state index in [0.717, 1.165) is 32.7 Å². The number of piperazine rings is 1. The molecule has 22 heavy (non-hydrogen) atoms. The van der Waals surface area contributed by atoms with Gasteiger partial charge in [0.05, 0.1) is 14.2 Å². The van der Waals surface area contributed by atoms with Gasteiger partial charge < -0.3 is 20.1 Å². The van der Waals surface area contributed by atoms with E-state index in [1.54, 1.807) is 26.4 Å². The average Bonchev–Trinajstić information content (AvgIpc) is 2.56. The van der Waals surface area contributed by atoms with E-state index < -0.39 is 0 Å². The Morgan fingerprint density at radius 1 is 1.27 bits per heavy atom. The summed E-state index contributed by atoms with van der Waals surface area (Å²) < 4.78 is 11.2. The molecule has 0 aromatic heterocycles. The summed E-state index contributed by atoms with van der Waals surface area (Å²) in [7, 11) is 3.12. The van der Waals surface area contributed by atoms with E-state index in [4.69, 9.17) is 9.47 Å². The number of carbonyl (C=O) groups is 1. The topological polar surface area (TPSA) is 62.8 Å². The molecule has 2 N–H and O–H groups in total. The van der Waals surface area contributed by atoms with Crippen LogP contribution in [-0.4, -0.2) is 64.3 Å². The minimum atomic E-state index is -0.126. The van der Waals surface area contributed by atoms with Gasteiger partial charge in [0, 0.05) is 44.8 Å². The molecule has 2 rings (SSSR count). The first-order chi connectivity index (χ1) is 10.7. The number of ether oxygens (including phenoxy) is 2. The van der Waals surface area contributed by atoms with Gasteiger partial charge in [0.15, 0.2) is 0 Å². The Hall–Kier alpha value is -1.31. The molecule has 1 heterocycles. The molecule has 1 amide bonds. The molecule has 1 saturated heterocycles. The second-order valence-corrected chi connectivity index (χ2v) is 5.84. The molecule has 0 spiro atoms. The zero-order valence-electron chi connectivity index (χ0n) is 12.9. The Morgan fingerprint density at radius 2 is 1.86 bits per heavy atom. The van der Waals surface area contributed by atoms with Gasteiger partial charge in [0.25, 0.3) is 5.91 Å². The number of halogens is 1.